The summed E-state index contributed by atoms with van der Waals surface area (Å²) in [5.74, 6) is -0.276. The second-order valence-corrected chi connectivity index (χ2v) is 10.6. The van der Waals surface area contributed by atoms with Crippen molar-refractivity contribution in [1.29, 1.82) is 0 Å². The number of aliphatic hydroxyl groups is 2. The molecule has 0 aromatic carbocycles. The first kappa shape index (κ1) is 27.7. The number of nitrogen functional groups attached to an aromatic ring is 1. The number of hydrogen-bond donors (Lipinski definition) is 8. The number of nitrogens with two attached hydrogens (primary N) is 1. The molecule has 2 aromatic heterocycles. The highest BCUT2D eigenvalue weighted by Crippen LogP contribution is 2.66. The summed E-state index contributed by atoms with van der Waals surface area (Å²) in [6, 6.07) is 0. The van der Waals surface area contributed by atoms with E-state index in [2.05, 4.69) is 28.1 Å². The van der Waals surface area contributed by atoms with Gasteiger partial charge >= 0.3 is 23.5 Å². The molecule has 3 rings (SSSR count). The Balaban J connectivity index is 0.00000385. The highest BCUT2D eigenvalue weighted by Gasteiger charge is 2.47. The average Bonchev–Trinajstić information content (AvgIpc) is 3.12. The van der Waals surface area contributed by atoms with Crippen LogP contribution in [0, 0.1) is 0 Å². The molecule has 19 nitrogen and oxygen atoms in total. The molecule has 1 aliphatic rings. The predicted octanol–water partition coefficient (Wildman–Crippen LogP) is -1.70. The topological polar surface area (TPSA) is 299 Å². The van der Waals surface area contributed by atoms with Gasteiger partial charge in [-0.2, -0.15) is 13.6 Å². The lowest BCUT2D eigenvalue weighted by Gasteiger charge is -2.19. The maximum atomic E-state index is 11.9. The van der Waals surface area contributed by atoms with Crippen molar-refractivity contribution in [2.45, 2.75) is 32.0 Å². The van der Waals surface area contributed by atoms with E-state index in [0.29, 0.717) is 0 Å². The van der Waals surface area contributed by atoms with Gasteiger partial charge in [-0.15, -0.1) is 0 Å². The third-order valence-electron chi connectivity index (χ3n) is 3.88. The van der Waals surface area contributed by atoms with Crippen molar-refractivity contribution in [2.75, 3.05) is 12.3 Å². The van der Waals surface area contributed by atoms with Crippen LogP contribution in [0.1, 0.15) is 13.7 Å². The van der Waals surface area contributed by atoms with E-state index >= 15 is 0 Å². The number of hydrogen-bond acceptors (Lipinski definition) is 13. The first-order valence-electron chi connectivity index (χ1n) is 8.11. The van der Waals surface area contributed by atoms with Crippen LogP contribution in [0.5, 0.6) is 0 Å². The molecular weight excluding hydrogens is 519 g/mol. The number of fused-ring (bicyclic) bond motifs is 1. The molecule has 0 aliphatic carbocycles. The van der Waals surface area contributed by atoms with Crippen LogP contribution in [0.2, 0.25) is 0 Å². The van der Waals surface area contributed by atoms with Crippen LogP contribution in [-0.2, 0) is 31.6 Å². The summed E-state index contributed by atoms with van der Waals surface area (Å²) in [7, 11) is -16.8. The second kappa shape index (κ2) is 9.59. The Labute approximate surface area is 183 Å². The largest absolute Gasteiger partial charge is 0.490 e. The van der Waals surface area contributed by atoms with Crippen molar-refractivity contribution in [2.24, 2.45) is 0 Å². The molecule has 1 fully saturated rings. The van der Waals surface area contributed by atoms with Gasteiger partial charge in [0.1, 0.15) is 18.3 Å². The van der Waals surface area contributed by atoms with Crippen LogP contribution in [0.15, 0.2) is 11.1 Å². The summed E-state index contributed by atoms with van der Waals surface area (Å²) < 4.78 is 51.6. The van der Waals surface area contributed by atoms with Crippen molar-refractivity contribution in [3.63, 3.8) is 0 Å². The number of rotatable bonds is 8. The summed E-state index contributed by atoms with van der Waals surface area (Å²) in [5.41, 5.74) is 4.50. The van der Waals surface area contributed by atoms with Gasteiger partial charge in [-0.1, -0.05) is 7.43 Å². The Morgan fingerprint density at radius 1 is 1.12 bits per heavy atom. The number of aromatic nitrogens is 4. The fourth-order valence-corrected chi connectivity index (χ4v) is 5.73. The van der Waals surface area contributed by atoms with Crippen molar-refractivity contribution in [3.8, 4) is 0 Å². The normalized spacial score (nSPS) is 27.1. The number of aromatic amines is 1. The van der Waals surface area contributed by atoms with Gasteiger partial charge in [0.25, 0.3) is 5.56 Å². The molecule has 1 saturated heterocycles. The Hall–Kier alpha value is -1.56. The Morgan fingerprint density at radius 3 is 2.36 bits per heavy atom. The Morgan fingerprint density at radius 2 is 1.76 bits per heavy atom. The van der Waals surface area contributed by atoms with Crippen LogP contribution in [0.4, 0.5) is 5.95 Å². The van der Waals surface area contributed by atoms with Gasteiger partial charge < -0.3 is 40.3 Å². The SMILES string of the molecule is C.Nc1nc2c(ncn2[C@@H]2O[C@H](COP(=O)(O)OP(=O)(O)OP(=O)(O)O)C(O)[C@@H]2O)c(=O)[nH]1. The standard InChI is InChI=1S/C10H16N5O14P3.CH4/c11-10-13-7-4(8(18)14-10)12-2-15(7)9-6(17)5(16)3(27-9)1-26-31(22,23)29-32(24,25)28-30(19,20)21;/h2-3,5-6,9,16-17H,1H2,(H,22,23)(H,24,25)(H2,19,20,21)(H3,11,13,14,18);1H4/t3-,5?,6+,9-;/m1./s1. The van der Waals surface area contributed by atoms with Gasteiger partial charge in [-0.3, -0.25) is 18.9 Å². The van der Waals surface area contributed by atoms with Crippen molar-refractivity contribution < 1.29 is 61.4 Å². The zero-order chi connectivity index (χ0) is 24.1. The maximum Gasteiger partial charge on any atom is 0.490 e. The molecule has 0 radical (unpaired) electrons. The third kappa shape index (κ3) is 6.52. The fourth-order valence-electron chi connectivity index (χ4n) is 2.70. The Bertz CT molecular complexity index is 1210. The van der Waals surface area contributed by atoms with E-state index in [1.165, 1.54) is 0 Å². The van der Waals surface area contributed by atoms with E-state index in [1.807, 2.05) is 0 Å². The number of H-pyrrole nitrogens is 1. The smallest absolute Gasteiger partial charge is 0.387 e. The van der Waals surface area contributed by atoms with Gasteiger partial charge in [-0.25, -0.2) is 18.7 Å². The predicted molar refractivity (Wildman–Crippen MR) is 105 cm³/mol. The van der Waals surface area contributed by atoms with Gasteiger partial charge in [-0.05, 0) is 0 Å². The molecule has 1 aliphatic heterocycles. The summed E-state index contributed by atoms with van der Waals surface area (Å²) >= 11 is 0. The van der Waals surface area contributed by atoms with Crippen LogP contribution in [0.3, 0.4) is 0 Å². The number of phosphoric acid groups is 3. The number of aliphatic hydroxyl groups excluding tert-OH is 2. The molecule has 22 heteroatoms. The van der Waals surface area contributed by atoms with Crippen molar-refractivity contribution in [3.05, 3.63) is 16.7 Å². The summed E-state index contributed by atoms with van der Waals surface area (Å²) in [5, 5.41) is 20.4. The minimum Gasteiger partial charge on any atom is -0.387 e. The molecule has 188 valence electrons. The highest BCUT2D eigenvalue weighted by atomic mass is 31.3. The second-order valence-electron chi connectivity index (χ2n) is 6.21. The van der Waals surface area contributed by atoms with E-state index in [0.717, 1.165) is 10.9 Å². The monoisotopic (exact) mass is 539 g/mol. The molecule has 9 N–H and O–H groups in total. The van der Waals surface area contributed by atoms with Crippen LogP contribution in [0.25, 0.3) is 11.2 Å². The number of nitrogens with one attached hydrogen (secondary N) is 1. The molecule has 0 amide bonds. The highest BCUT2D eigenvalue weighted by molar-refractivity contribution is 7.66. The lowest BCUT2D eigenvalue weighted by molar-refractivity contribution is -0.0503. The van der Waals surface area contributed by atoms with Crippen LogP contribution in [-0.4, -0.2) is 74.2 Å². The summed E-state index contributed by atoms with van der Waals surface area (Å²) in [4.78, 5) is 57.3. The van der Waals surface area contributed by atoms with Crippen molar-refractivity contribution >= 4 is 40.6 Å². The zero-order valence-corrected chi connectivity index (χ0v) is 18.0. The maximum absolute atomic E-state index is 11.9. The fraction of sp³-hybridized carbons (Fsp3) is 0.545. The quantitative estimate of drug-likeness (QED) is 0.173. The molecule has 2 aromatic rings. The minimum atomic E-state index is -5.73. The average molecular weight is 539 g/mol. The molecule has 0 saturated carbocycles. The van der Waals surface area contributed by atoms with E-state index in [1.54, 1.807) is 0 Å². The number of phosphoric ester groups is 1. The van der Waals surface area contributed by atoms with E-state index in [-0.39, 0.29) is 24.5 Å². The summed E-state index contributed by atoms with van der Waals surface area (Å²) in [6.45, 7) is -1.01. The number of nitrogens with zero attached hydrogens (tertiary/aromatic N) is 3. The van der Waals surface area contributed by atoms with Crippen LogP contribution >= 0.6 is 23.5 Å². The van der Waals surface area contributed by atoms with E-state index in [9.17, 15) is 33.6 Å². The third-order valence-corrected chi connectivity index (χ3v) is 7.68. The number of imidazole rings is 1. The number of ether oxygens (including phenoxy) is 1. The van der Waals surface area contributed by atoms with Gasteiger partial charge in [0.05, 0.1) is 12.9 Å². The van der Waals surface area contributed by atoms with Crippen LogP contribution < -0.4 is 11.3 Å². The van der Waals surface area contributed by atoms with E-state index < -0.39 is 60.2 Å². The lowest BCUT2D eigenvalue weighted by atomic mass is 10.1. The zero-order valence-electron chi connectivity index (χ0n) is 15.3. The molecule has 33 heavy (non-hydrogen) atoms. The van der Waals surface area contributed by atoms with E-state index in [4.69, 9.17) is 25.2 Å². The molecule has 3 heterocycles. The first-order chi connectivity index (χ1) is 14.6. The van der Waals surface area contributed by atoms with Gasteiger partial charge in [0, 0.05) is 0 Å². The molecule has 6 atom stereocenters. The molecule has 0 spiro atoms. The first-order valence-corrected chi connectivity index (χ1v) is 12.6. The molecular formula is C11H20N5O14P3. The molecule has 0 bridgehead atoms. The number of anilines is 1. The van der Waals surface area contributed by atoms with Gasteiger partial charge in [0.2, 0.25) is 5.95 Å². The minimum absolute atomic E-state index is 0. The van der Waals surface area contributed by atoms with Gasteiger partial charge in [0.15, 0.2) is 17.4 Å². The molecule has 3 unspecified atom stereocenters. The summed E-state index contributed by atoms with van der Waals surface area (Å²) in [6.07, 6.45) is -5.33. The Kier molecular flexibility index (Phi) is 8.05. The lowest BCUT2D eigenvalue weighted by Crippen LogP contribution is -2.33. The van der Waals surface area contributed by atoms with Crippen molar-refractivity contribution in [1.82, 2.24) is 19.5 Å².